The maximum Gasteiger partial charge on any atom is 0.306 e. The lowest BCUT2D eigenvalue weighted by atomic mass is 10.1. The number of primary sulfonamides is 1. The summed E-state index contributed by atoms with van der Waals surface area (Å²) in [5.41, 5.74) is 0.841. The van der Waals surface area contributed by atoms with E-state index in [4.69, 9.17) is 14.6 Å². The molecule has 1 unspecified atom stereocenters. The minimum Gasteiger partial charge on any atom is -0.460 e. The predicted molar refractivity (Wildman–Crippen MR) is 73.6 cm³/mol. The highest BCUT2D eigenvalue weighted by molar-refractivity contribution is 7.89. The Morgan fingerprint density at radius 3 is 2.40 bits per heavy atom. The van der Waals surface area contributed by atoms with Crippen molar-refractivity contribution in [2.45, 2.75) is 30.8 Å². The number of carbonyl (C=O) groups excluding carboxylic acids is 1. The fraction of sp³-hybridized carbons (Fsp3) is 0.462. The first-order valence-electron chi connectivity index (χ1n) is 6.13. The van der Waals surface area contributed by atoms with Crippen LogP contribution in [0, 0.1) is 0 Å². The molecule has 20 heavy (non-hydrogen) atoms. The number of rotatable bonds is 7. The second kappa shape index (κ2) is 7.37. The highest BCUT2D eigenvalue weighted by atomic mass is 32.2. The van der Waals surface area contributed by atoms with Gasteiger partial charge in [0.1, 0.15) is 6.10 Å². The van der Waals surface area contributed by atoms with Gasteiger partial charge in [-0.2, -0.15) is 0 Å². The largest absolute Gasteiger partial charge is 0.460 e. The van der Waals surface area contributed by atoms with Crippen LogP contribution in [0.4, 0.5) is 0 Å². The van der Waals surface area contributed by atoms with E-state index in [-0.39, 0.29) is 23.4 Å². The molecule has 0 aromatic heterocycles. The zero-order chi connectivity index (χ0) is 15.2. The first-order valence-corrected chi connectivity index (χ1v) is 7.67. The van der Waals surface area contributed by atoms with Gasteiger partial charge in [0.15, 0.2) is 0 Å². The number of carbonyl (C=O) groups is 1. The van der Waals surface area contributed by atoms with Crippen molar-refractivity contribution in [3.63, 3.8) is 0 Å². The molecular formula is C13H19NO5S. The van der Waals surface area contributed by atoms with Crippen LogP contribution in [0.5, 0.6) is 0 Å². The van der Waals surface area contributed by atoms with Crippen LogP contribution in [0.1, 0.15) is 18.9 Å². The number of hydrogen-bond acceptors (Lipinski definition) is 5. The molecule has 1 aromatic rings. The zero-order valence-electron chi connectivity index (χ0n) is 11.5. The van der Waals surface area contributed by atoms with E-state index in [0.717, 1.165) is 5.56 Å². The number of esters is 1. The van der Waals surface area contributed by atoms with E-state index in [2.05, 4.69) is 0 Å². The molecule has 0 radical (unpaired) electrons. The number of sulfonamides is 1. The second-order valence-corrected chi connectivity index (χ2v) is 6.01. The van der Waals surface area contributed by atoms with Crippen molar-refractivity contribution in [2.75, 3.05) is 13.7 Å². The van der Waals surface area contributed by atoms with Gasteiger partial charge in [-0.3, -0.25) is 4.79 Å². The molecular weight excluding hydrogens is 282 g/mol. The fourth-order valence-corrected chi connectivity index (χ4v) is 2.16. The topological polar surface area (TPSA) is 95.7 Å². The fourth-order valence-electron chi connectivity index (χ4n) is 1.64. The predicted octanol–water partition coefficient (Wildman–Crippen LogP) is 0.845. The molecule has 0 aliphatic carbocycles. The van der Waals surface area contributed by atoms with Gasteiger partial charge < -0.3 is 9.47 Å². The minimum absolute atomic E-state index is 0.0533. The number of hydrogen-bond donors (Lipinski definition) is 1. The van der Waals surface area contributed by atoms with Gasteiger partial charge in [-0.15, -0.1) is 0 Å². The van der Waals surface area contributed by atoms with Gasteiger partial charge in [0, 0.05) is 13.5 Å². The average molecular weight is 301 g/mol. The van der Waals surface area contributed by atoms with Gasteiger partial charge >= 0.3 is 5.97 Å². The molecule has 2 N–H and O–H groups in total. The SMILES string of the molecule is COCC(C)OC(=O)CCc1ccc(S(N)(=O)=O)cc1. The normalized spacial score (nSPS) is 12.9. The van der Waals surface area contributed by atoms with E-state index in [1.807, 2.05) is 0 Å². The quantitative estimate of drug-likeness (QED) is 0.753. The smallest absolute Gasteiger partial charge is 0.306 e. The molecule has 6 nitrogen and oxygen atoms in total. The molecule has 112 valence electrons. The van der Waals surface area contributed by atoms with E-state index in [1.165, 1.54) is 19.2 Å². The first-order chi connectivity index (χ1) is 9.32. The molecule has 1 rings (SSSR count). The van der Waals surface area contributed by atoms with Crippen LogP contribution in [0.25, 0.3) is 0 Å². The molecule has 0 saturated carbocycles. The highest BCUT2D eigenvalue weighted by Gasteiger charge is 2.10. The summed E-state index contributed by atoms with van der Waals surface area (Å²) in [5.74, 6) is -0.315. The lowest BCUT2D eigenvalue weighted by molar-refractivity contribution is -0.150. The first kappa shape index (κ1) is 16.6. The summed E-state index contributed by atoms with van der Waals surface area (Å²) in [6.07, 6.45) is 0.420. The Balaban J connectivity index is 2.48. The third-order valence-corrected chi connectivity index (χ3v) is 3.53. The molecule has 0 heterocycles. The van der Waals surface area contributed by atoms with E-state index in [9.17, 15) is 13.2 Å². The van der Waals surface area contributed by atoms with Gasteiger partial charge in [-0.1, -0.05) is 12.1 Å². The zero-order valence-corrected chi connectivity index (χ0v) is 12.4. The third kappa shape index (κ3) is 5.68. The van der Waals surface area contributed by atoms with Crippen LogP contribution in [-0.2, 0) is 30.7 Å². The summed E-state index contributed by atoms with van der Waals surface area (Å²) < 4.78 is 32.1. The van der Waals surface area contributed by atoms with Gasteiger partial charge in [0.05, 0.1) is 11.5 Å². The minimum atomic E-state index is -3.68. The molecule has 0 aliphatic heterocycles. The van der Waals surface area contributed by atoms with Crippen LogP contribution in [0.15, 0.2) is 29.2 Å². The van der Waals surface area contributed by atoms with Gasteiger partial charge in [0.2, 0.25) is 10.0 Å². The van der Waals surface area contributed by atoms with Gasteiger partial charge in [-0.25, -0.2) is 13.6 Å². The Morgan fingerprint density at radius 1 is 1.30 bits per heavy atom. The summed E-state index contributed by atoms with van der Waals surface area (Å²) >= 11 is 0. The summed E-state index contributed by atoms with van der Waals surface area (Å²) in [5, 5.41) is 5.00. The molecule has 7 heteroatoms. The highest BCUT2D eigenvalue weighted by Crippen LogP contribution is 2.11. The molecule has 1 aromatic carbocycles. The van der Waals surface area contributed by atoms with Gasteiger partial charge in [-0.05, 0) is 31.0 Å². The number of aryl methyl sites for hydroxylation is 1. The van der Waals surface area contributed by atoms with Crippen LogP contribution in [0.2, 0.25) is 0 Å². The summed E-state index contributed by atoms with van der Waals surface area (Å²) in [7, 11) is -2.14. The number of nitrogens with two attached hydrogens (primary N) is 1. The Kier molecular flexibility index (Phi) is 6.12. The van der Waals surface area contributed by atoms with Crippen LogP contribution >= 0.6 is 0 Å². The number of methoxy groups -OCH3 is 1. The average Bonchev–Trinajstić information content (AvgIpc) is 2.36. The van der Waals surface area contributed by atoms with Crippen molar-refractivity contribution in [3.8, 4) is 0 Å². The van der Waals surface area contributed by atoms with Crippen molar-refractivity contribution in [1.82, 2.24) is 0 Å². The van der Waals surface area contributed by atoms with Crippen LogP contribution < -0.4 is 5.14 Å². The second-order valence-electron chi connectivity index (χ2n) is 4.44. The third-order valence-electron chi connectivity index (χ3n) is 2.60. The number of ether oxygens (including phenoxy) is 2. The maximum atomic E-state index is 11.5. The summed E-state index contributed by atoms with van der Waals surface area (Å²) in [6, 6.07) is 6.10. The van der Waals surface area contributed by atoms with Crippen molar-refractivity contribution in [3.05, 3.63) is 29.8 Å². The summed E-state index contributed by atoms with van der Waals surface area (Å²) in [4.78, 5) is 11.6. The van der Waals surface area contributed by atoms with E-state index in [1.54, 1.807) is 19.1 Å². The van der Waals surface area contributed by atoms with E-state index in [0.29, 0.717) is 13.0 Å². The van der Waals surface area contributed by atoms with E-state index < -0.39 is 10.0 Å². The molecule has 0 amide bonds. The van der Waals surface area contributed by atoms with Crippen LogP contribution in [-0.4, -0.2) is 34.2 Å². The van der Waals surface area contributed by atoms with Crippen molar-refractivity contribution < 1.29 is 22.7 Å². The molecule has 0 aliphatic rings. The number of benzene rings is 1. The molecule has 0 fully saturated rings. The van der Waals surface area contributed by atoms with Crippen molar-refractivity contribution in [2.24, 2.45) is 5.14 Å². The molecule has 0 saturated heterocycles. The molecule has 0 bridgehead atoms. The van der Waals surface area contributed by atoms with Gasteiger partial charge in [0.25, 0.3) is 0 Å². The maximum absolute atomic E-state index is 11.5. The Bertz CT molecular complexity index is 538. The lowest BCUT2D eigenvalue weighted by Crippen LogP contribution is -2.19. The van der Waals surface area contributed by atoms with Crippen molar-refractivity contribution >= 4 is 16.0 Å². The summed E-state index contributed by atoms with van der Waals surface area (Å²) in [6.45, 7) is 2.11. The standard InChI is InChI=1S/C13H19NO5S/c1-10(9-18-2)19-13(15)8-5-11-3-6-12(7-4-11)20(14,16)17/h3-4,6-7,10H,5,8-9H2,1-2H3,(H2,14,16,17). The van der Waals surface area contributed by atoms with E-state index >= 15 is 0 Å². The van der Waals surface area contributed by atoms with Crippen LogP contribution in [0.3, 0.4) is 0 Å². The Labute approximate surface area is 118 Å². The monoisotopic (exact) mass is 301 g/mol. The molecule has 1 atom stereocenters. The molecule has 0 spiro atoms. The lowest BCUT2D eigenvalue weighted by Gasteiger charge is -2.11. The van der Waals surface area contributed by atoms with Crippen molar-refractivity contribution in [1.29, 1.82) is 0 Å². The Morgan fingerprint density at radius 2 is 1.90 bits per heavy atom. The Hall–Kier alpha value is -1.44.